The fraction of sp³-hybridized carbons (Fsp3) is 0.100. The van der Waals surface area contributed by atoms with Crippen LogP contribution in [0.25, 0.3) is 5.69 Å². The van der Waals surface area contributed by atoms with Crippen LogP contribution in [0.1, 0.15) is 32.1 Å². The number of halogens is 1. The number of nitrogens with one attached hydrogen (secondary N) is 1. The minimum absolute atomic E-state index is 0.226. The quantitative estimate of drug-likeness (QED) is 0.754. The number of para-hydroxylation sites is 2. The maximum absolute atomic E-state index is 14.2. The van der Waals surface area contributed by atoms with E-state index in [2.05, 4.69) is 5.32 Å². The highest BCUT2D eigenvalue weighted by atomic mass is 19.1. The molecule has 0 fully saturated rings. The zero-order valence-electron chi connectivity index (χ0n) is 14.4. The normalized spacial score (nSPS) is 10.6. The van der Waals surface area contributed by atoms with Crippen LogP contribution in [0.5, 0.6) is 0 Å². The van der Waals surface area contributed by atoms with Gasteiger partial charge >= 0.3 is 0 Å². The minimum atomic E-state index is -0.627. The van der Waals surface area contributed by atoms with E-state index in [1.807, 2.05) is 0 Å². The van der Waals surface area contributed by atoms with Crippen LogP contribution in [0, 0.1) is 19.7 Å². The van der Waals surface area contributed by atoms with Crippen molar-refractivity contribution >= 4 is 17.5 Å². The molecule has 0 unspecified atom stereocenters. The second-order valence-electron chi connectivity index (χ2n) is 5.94. The molecule has 26 heavy (non-hydrogen) atoms. The number of nitrogens with two attached hydrogens (primary N) is 1. The van der Waals surface area contributed by atoms with E-state index in [9.17, 15) is 14.0 Å². The maximum atomic E-state index is 14.2. The van der Waals surface area contributed by atoms with Gasteiger partial charge in [-0.1, -0.05) is 24.3 Å². The average molecular weight is 351 g/mol. The van der Waals surface area contributed by atoms with Crippen molar-refractivity contribution in [2.45, 2.75) is 13.8 Å². The van der Waals surface area contributed by atoms with Gasteiger partial charge in [0.1, 0.15) is 5.82 Å². The van der Waals surface area contributed by atoms with Gasteiger partial charge in [-0.2, -0.15) is 0 Å². The van der Waals surface area contributed by atoms with Crippen LogP contribution >= 0.6 is 0 Å². The first-order valence-electron chi connectivity index (χ1n) is 8.04. The zero-order chi connectivity index (χ0) is 18.8. The minimum Gasteiger partial charge on any atom is -0.366 e. The Morgan fingerprint density at radius 1 is 1.00 bits per heavy atom. The summed E-state index contributed by atoms with van der Waals surface area (Å²) >= 11 is 0. The highest BCUT2D eigenvalue weighted by Crippen LogP contribution is 2.24. The lowest BCUT2D eigenvalue weighted by Gasteiger charge is -2.11. The van der Waals surface area contributed by atoms with Crippen molar-refractivity contribution in [2.24, 2.45) is 5.73 Å². The second-order valence-corrected chi connectivity index (χ2v) is 5.94. The third-order valence-corrected chi connectivity index (χ3v) is 4.21. The largest absolute Gasteiger partial charge is 0.366 e. The summed E-state index contributed by atoms with van der Waals surface area (Å²) in [6, 6.07) is 14.6. The molecule has 6 heteroatoms. The highest BCUT2D eigenvalue weighted by molar-refractivity contribution is 6.09. The van der Waals surface area contributed by atoms with Crippen LogP contribution in [0.2, 0.25) is 0 Å². The Morgan fingerprint density at radius 2 is 1.65 bits per heavy atom. The van der Waals surface area contributed by atoms with Crippen LogP contribution in [-0.4, -0.2) is 16.4 Å². The number of nitrogens with zero attached hydrogens (tertiary/aromatic N) is 1. The third kappa shape index (κ3) is 3.09. The number of carbonyl (C=O) groups is 2. The number of aromatic nitrogens is 1. The molecular formula is C20H18FN3O2. The van der Waals surface area contributed by atoms with Gasteiger partial charge in [0.15, 0.2) is 0 Å². The van der Waals surface area contributed by atoms with Gasteiger partial charge in [0.05, 0.1) is 22.5 Å². The number of anilines is 1. The molecule has 0 aliphatic rings. The van der Waals surface area contributed by atoms with Crippen LogP contribution in [0.3, 0.4) is 0 Å². The molecule has 0 spiro atoms. The molecule has 3 N–H and O–H groups in total. The van der Waals surface area contributed by atoms with Gasteiger partial charge in [0, 0.05) is 11.4 Å². The summed E-state index contributed by atoms with van der Waals surface area (Å²) in [5.41, 5.74) is 7.99. The van der Waals surface area contributed by atoms with Crippen LogP contribution in [-0.2, 0) is 0 Å². The van der Waals surface area contributed by atoms with Crippen LogP contribution in [0.15, 0.2) is 54.6 Å². The molecular weight excluding hydrogens is 333 g/mol. The summed E-state index contributed by atoms with van der Waals surface area (Å²) in [5, 5.41) is 2.71. The average Bonchev–Trinajstić information content (AvgIpc) is 2.90. The number of carbonyl (C=O) groups excluding carboxylic acids is 2. The first kappa shape index (κ1) is 17.4. The maximum Gasteiger partial charge on any atom is 0.257 e. The fourth-order valence-corrected chi connectivity index (χ4v) is 2.99. The molecule has 3 aromatic rings. The van der Waals surface area contributed by atoms with Crippen molar-refractivity contribution in [2.75, 3.05) is 5.32 Å². The Morgan fingerprint density at radius 3 is 2.35 bits per heavy atom. The van der Waals surface area contributed by atoms with Crippen molar-refractivity contribution < 1.29 is 14.0 Å². The molecule has 3 rings (SSSR count). The summed E-state index contributed by atoms with van der Waals surface area (Å²) < 4.78 is 15.8. The first-order chi connectivity index (χ1) is 12.4. The van der Waals surface area contributed by atoms with Gasteiger partial charge in [0.2, 0.25) is 0 Å². The van der Waals surface area contributed by atoms with Gasteiger partial charge in [-0.15, -0.1) is 0 Å². The van der Waals surface area contributed by atoms with Gasteiger partial charge in [-0.25, -0.2) is 4.39 Å². The lowest BCUT2D eigenvalue weighted by molar-refractivity contribution is 0.100. The molecule has 0 bridgehead atoms. The van der Waals surface area contributed by atoms with Crippen molar-refractivity contribution in [1.82, 2.24) is 4.57 Å². The Bertz CT molecular complexity index is 1010. The number of primary amides is 1. The second kappa shape index (κ2) is 6.84. The van der Waals surface area contributed by atoms with Crippen molar-refractivity contribution in [3.63, 3.8) is 0 Å². The summed E-state index contributed by atoms with van der Waals surface area (Å²) in [5.74, 6) is -1.40. The lowest BCUT2D eigenvalue weighted by atomic mass is 10.1. The summed E-state index contributed by atoms with van der Waals surface area (Å²) in [6.07, 6.45) is 0. The van der Waals surface area contributed by atoms with Gasteiger partial charge < -0.3 is 15.6 Å². The molecule has 0 radical (unpaired) electrons. The standard InChI is InChI=1S/C20H18FN3O2/c1-12-11-15(13(2)24(12)18-10-6-4-8-16(18)21)20(26)23-17-9-5-3-7-14(17)19(22)25/h3-11H,1-2H3,(H2,22,25)(H,23,26). The van der Waals surface area contributed by atoms with Crippen LogP contribution < -0.4 is 11.1 Å². The molecule has 132 valence electrons. The predicted molar refractivity (Wildman–Crippen MR) is 98.1 cm³/mol. The van der Waals surface area contributed by atoms with E-state index in [1.54, 1.807) is 66.9 Å². The summed E-state index contributed by atoms with van der Waals surface area (Å²) in [7, 11) is 0. The molecule has 1 aromatic heterocycles. The summed E-state index contributed by atoms with van der Waals surface area (Å²) in [6.45, 7) is 3.54. The number of hydrogen-bond acceptors (Lipinski definition) is 2. The zero-order valence-corrected chi connectivity index (χ0v) is 14.4. The molecule has 0 saturated carbocycles. The van der Waals surface area contributed by atoms with E-state index in [1.165, 1.54) is 6.07 Å². The van der Waals surface area contributed by atoms with E-state index >= 15 is 0 Å². The Balaban J connectivity index is 1.99. The number of benzene rings is 2. The van der Waals surface area contributed by atoms with E-state index in [4.69, 9.17) is 5.73 Å². The first-order valence-corrected chi connectivity index (χ1v) is 8.04. The molecule has 2 amide bonds. The smallest absolute Gasteiger partial charge is 0.257 e. The topological polar surface area (TPSA) is 77.1 Å². The van der Waals surface area contributed by atoms with Crippen molar-refractivity contribution in [3.8, 4) is 5.69 Å². The van der Waals surface area contributed by atoms with E-state index in [-0.39, 0.29) is 11.4 Å². The number of hydrogen-bond donors (Lipinski definition) is 2. The molecule has 1 heterocycles. The number of rotatable bonds is 4. The highest BCUT2D eigenvalue weighted by Gasteiger charge is 2.19. The summed E-state index contributed by atoms with van der Waals surface area (Å²) in [4.78, 5) is 24.2. The fourth-order valence-electron chi connectivity index (χ4n) is 2.99. The molecule has 0 atom stereocenters. The predicted octanol–water partition coefficient (Wildman–Crippen LogP) is 3.58. The number of aryl methyl sites for hydroxylation is 1. The Kier molecular flexibility index (Phi) is 4.58. The molecule has 0 saturated heterocycles. The molecule has 5 nitrogen and oxygen atoms in total. The van der Waals surface area contributed by atoms with Crippen molar-refractivity contribution in [1.29, 1.82) is 0 Å². The Hall–Kier alpha value is -3.41. The molecule has 0 aliphatic carbocycles. The van der Waals surface area contributed by atoms with E-state index < -0.39 is 11.8 Å². The van der Waals surface area contributed by atoms with Gasteiger partial charge in [-0.3, -0.25) is 9.59 Å². The molecule has 2 aromatic carbocycles. The van der Waals surface area contributed by atoms with Crippen LogP contribution in [0.4, 0.5) is 10.1 Å². The SMILES string of the molecule is Cc1cc(C(=O)Nc2ccccc2C(N)=O)c(C)n1-c1ccccc1F. The monoisotopic (exact) mass is 351 g/mol. The molecule has 0 aliphatic heterocycles. The van der Waals surface area contributed by atoms with Gasteiger partial charge in [-0.05, 0) is 44.2 Å². The Labute approximate surface area is 150 Å². The van der Waals surface area contributed by atoms with Gasteiger partial charge in [0.25, 0.3) is 11.8 Å². The van der Waals surface area contributed by atoms with E-state index in [0.717, 1.165) is 5.69 Å². The van der Waals surface area contributed by atoms with E-state index in [0.29, 0.717) is 22.6 Å². The third-order valence-electron chi connectivity index (χ3n) is 4.21. The lowest BCUT2D eigenvalue weighted by Crippen LogP contribution is -2.18. The number of amides is 2. The van der Waals surface area contributed by atoms with Crippen molar-refractivity contribution in [3.05, 3.63) is 82.9 Å².